The first kappa shape index (κ1) is 26.2. The van der Waals surface area contributed by atoms with Crippen LogP contribution in [0.25, 0.3) is 6.08 Å². The molecule has 2 unspecified atom stereocenters. The standard InChI is InChI=1S/C26H32ClN3O6/c1-36-25(35)20(16-24(34)29-12-10-26(8-9-26)21(31)17-29)30-14-13-28(11-7-23(30)33)22(32)6-5-18-3-2-4-19(27)15-18/h2-6,15,20-21,31H,7-14,16-17H2,1H3. The lowest BCUT2D eigenvalue weighted by atomic mass is 9.90. The van der Waals surface area contributed by atoms with Gasteiger partial charge in [-0.15, -0.1) is 0 Å². The molecule has 3 aliphatic rings. The van der Waals surface area contributed by atoms with Crippen LogP contribution in [-0.2, 0) is 23.9 Å². The van der Waals surface area contributed by atoms with E-state index in [9.17, 15) is 24.3 Å². The van der Waals surface area contributed by atoms with Crippen LogP contribution in [0.15, 0.2) is 30.3 Å². The number of amides is 3. The molecule has 2 saturated heterocycles. The smallest absolute Gasteiger partial charge is 0.329 e. The van der Waals surface area contributed by atoms with Crippen LogP contribution in [0.3, 0.4) is 0 Å². The Kier molecular flexibility index (Phi) is 8.00. The third-order valence-corrected chi connectivity index (χ3v) is 7.78. The molecule has 3 amide bonds. The van der Waals surface area contributed by atoms with Crippen molar-refractivity contribution in [3.05, 3.63) is 40.9 Å². The average Bonchev–Trinajstić information content (AvgIpc) is 3.67. The number of benzene rings is 1. The number of rotatable bonds is 6. The summed E-state index contributed by atoms with van der Waals surface area (Å²) >= 11 is 5.99. The molecule has 1 aliphatic carbocycles. The summed E-state index contributed by atoms with van der Waals surface area (Å²) in [6, 6.07) is 6.02. The molecule has 10 heteroatoms. The molecule has 0 aromatic heterocycles. The highest BCUT2D eigenvalue weighted by molar-refractivity contribution is 6.30. The summed E-state index contributed by atoms with van der Waals surface area (Å²) in [5.74, 6) is -1.54. The molecular formula is C26H32ClN3O6. The second kappa shape index (κ2) is 11.0. The molecule has 3 fully saturated rings. The number of likely N-dealkylation sites (tertiary alicyclic amines) is 1. The maximum Gasteiger partial charge on any atom is 0.329 e. The van der Waals surface area contributed by atoms with E-state index in [4.69, 9.17) is 16.3 Å². The molecule has 2 heterocycles. The molecule has 4 rings (SSSR count). The van der Waals surface area contributed by atoms with E-state index in [0.29, 0.717) is 11.6 Å². The first-order valence-corrected chi connectivity index (χ1v) is 12.7. The predicted molar refractivity (Wildman–Crippen MR) is 133 cm³/mol. The van der Waals surface area contributed by atoms with Crippen molar-refractivity contribution in [1.82, 2.24) is 14.7 Å². The van der Waals surface area contributed by atoms with Crippen molar-refractivity contribution < 1.29 is 29.0 Å². The Morgan fingerprint density at radius 1 is 1.17 bits per heavy atom. The Labute approximate surface area is 215 Å². The van der Waals surface area contributed by atoms with Gasteiger partial charge in [0.25, 0.3) is 0 Å². The predicted octanol–water partition coefficient (Wildman–Crippen LogP) is 1.72. The topological polar surface area (TPSA) is 107 Å². The molecule has 1 spiro atoms. The van der Waals surface area contributed by atoms with Gasteiger partial charge in [0.05, 0.1) is 19.6 Å². The Bertz CT molecular complexity index is 1060. The molecule has 2 aliphatic heterocycles. The summed E-state index contributed by atoms with van der Waals surface area (Å²) in [6.07, 6.45) is 5.04. The Morgan fingerprint density at radius 2 is 1.94 bits per heavy atom. The second-order valence-corrected chi connectivity index (χ2v) is 10.2. The Balaban J connectivity index is 1.39. The summed E-state index contributed by atoms with van der Waals surface area (Å²) in [6.45, 7) is 1.29. The number of β-amino-alcohol motifs (C(OH)–C–C–N with tert-alkyl or cyclic N) is 1. The minimum absolute atomic E-state index is 0.0311. The fourth-order valence-electron chi connectivity index (χ4n) is 5.01. The zero-order valence-electron chi connectivity index (χ0n) is 20.4. The van der Waals surface area contributed by atoms with Crippen molar-refractivity contribution in [2.75, 3.05) is 39.8 Å². The number of nitrogens with zero attached hydrogens (tertiary/aromatic N) is 3. The Morgan fingerprint density at radius 3 is 2.61 bits per heavy atom. The van der Waals surface area contributed by atoms with Crippen LogP contribution in [0.1, 0.15) is 37.7 Å². The third-order valence-electron chi connectivity index (χ3n) is 7.55. The highest BCUT2D eigenvalue weighted by Crippen LogP contribution is 2.53. The molecule has 0 radical (unpaired) electrons. The number of piperidine rings is 1. The van der Waals surface area contributed by atoms with Gasteiger partial charge in [0.1, 0.15) is 6.04 Å². The van der Waals surface area contributed by atoms with E-state index in [1.807, 2.05) is 6.07 Å². The monoisotopic (exact) mass is 517 g/mol. The van der Waals surface area contributed by atoms with Gasteiger partial charge in [-0.05, 0) is 48.4 Å². The van der Waals surface area contributed by atoms with Gasteiger partial charge in [-0.2, -0.15) is 0 Å². The quantitative estimate of drug-likeness (QED) is 0.455. The molecule has 0 bridgehead atoms. The molecule has 9 nitrogen and oxygen atoms in total. The van der Waals surface area contributed by atoms with Gasteiger partial charge in [-0.3, -0.25) is 14.4 Å². The number of methoxy groups -OCH3 is 1. The maximum atomic E-state index is 13.0. The largest absolute Gasteiger partial charge is 0.467 e. The van der Waals surface area contributed by atoms with Gasteiger partial charge in [0.15, 0.2) is 0 Å². The van der Waals surface area contributed by atoms with Crippen LogP contribution >= 0.6 is 11.6 Å². The molecule has 194 valence electrons. The van der Waals surface area contributed by atoms with Crippen molar-refractivity contribution in [3.8, 4) is 0 Å². The van der Waals surface area contributed by atoms with Crippen molar-refractivity contribution in [3.63, 3.8) is 0 Å². The highest BCUT2D eigenvalue weighted by atomic mass is 35.5. The first-order valence-electron chi connectivity index (χ1n) is 12.3. The summed E-state index contributed by atoms with van der Waals surface area (Å²) in [4.78, 5) is 55.8. The van der Waals surface area contributed by atoms with E-state index in [2.05, 4.69) is 0 Å². The SMILES string of the molecule is COC(=O)C(CC(=O)N1CCC2(CC2)C(O)C1)N1CCN(C(=O)C=Cc2cccc(Cl)c2)CCC1=O. The van der Waals surface area contributed by atoms with E-state index in [1.54, 1.807) is 34.1 Å². The lowest BCUT2D eigenvalue weighted by Crippen LogP contribution is -2.52. The number of carbonyl (C=O) groups is 4. The van der Waals surface area contributed by atoms with E-state index in [1.165, 1.54) is 18.1 Å². The van der Waals surface area contributed by atoms with E-state index >= 15 is 0 Å². The number of halogens is 1. The normalized spacial score (nSPS) is 22.5. The van der Waals surface area contributed by atoms with Crippen molar-refractivity contribution in [2.45, 2.75) is 44.2 Å². The fourth-order valence-corrected chi connectivity index (χ4v) is 5.21. The molecule has 1 aromatic carbocycles. The van der Waals surface area contributed by atoms with Gasteiger partial charge in [0.2, 0.25) is 17.7 Å². The molecule has 2 atom stereocenters. The first-order chi connectivity index (χ1) is 17.2. The Hall–Kier alpha value is -2.91. The van der Waals surface area contributed by atoms with Crippen molar-refractivity contribution in [2.24, 2.45) is 5.41 Å². The van der Waals surface area contributed by atoms with Gasteiger partial charge in [-0.1, -0.05) is 23.7 Å². The second-order valence-electron chi connectivity index (χ2n) is 9.76. The summed E-state index contributed by atoms with van der Waals surface area (Å²) < 4.78 is 4.92. The van der Waals surface area contributed by atoms with E-state index < -0.39 is 18.1 Å². The molecule has 36 heavy (non-hydrogen) atoms. The van der Waals surface area contributed by atoms with Crippen LogP contribution in [0.2, 0.25) is 5.02 Å². The zero-order chi connectivity index (χ0) is 25.9. The average molecular weight is 518 g/mol. The fraction of sp³-hybridized carbons (Fsp3) is 0.538. The molecular weight excluding hydrogens is 486 g/mol. The minimum atomic E-state index is -1.08. The van der Waals surface area contributed by atoms with Crippen LogP contribution in [0, 0.1) is 5.41 Å². The number of esters is 1. The summed E-state index contributed by atoms with van der Waals surface area (Å²) in [7, 11) is 1.22. The van der Waals surface area contributed by atoms with Crippen LogP contribution in [-0.4, -0.2) is 95.5 Å². The summed E-state index contributed by atoms with van der Waals surface area (Å²) in [5.41, 5.74) is 0.735. The third kappa shape index (κ3) is 5.90. The number of carbonyl (C=O) groups excluding carboxylic acids is 4. The van der Waals surface area contributed by atoms with Gasteiger partial charge in [-0.25, -0.2) is 4.79 Å². The highest BCUT2D eigenvalue weighted by Gasteiger charge is 2.52. The van der Waals surface area contributed by atoms with Crippen LogP contribution in [0.5, 0.6) is 0 Å². The number of hydrogen-bond acceptors (Lipinski definition) is 6. The molecule has 1 aromatic rings. The van der Waals surface area contributed by atoms with Crippen LogP contribution < -0.4 is 0 Å². The number of aliphatic hydroxyl groups excluding tert-OH is 1. The van der Waals surface area contributed by atoms with E-state index in [-0.39, 0.29) is 62.2 Å². The zero-order valence-corrected chi connectivity index (χ0v) is 21.2. The maximum absolute atomic E-state index is 13.0. The number of aliphatic hydroxyl groups is 1. The molecule has 1 saturated carbocycles. The summed E-state index contributed by atoms with van der Waals surface area (Å²) in [5, 5.41) is 11.0. The van der Waals surface area contributed by atoms with Gasteiger partial charge < -0.3 is 24.5 Å². The molecule has 1 N–H and O–H groups in total. The number of ether oxygens (including phenoxy) is 1. The van der Waals surface area contributed by atoms with E-state index in [0.717, 1.165) is 24.8 Å². The van der Waals surface area contributed by atoms with Crippen molar-refractivity contribution in [1.29, 1.82) is 0 Å². The number of hydrogen-bond donors (Lipinski definition) is 1. The van der Waals surface area contributed by atoms with Crippen molar-refractivity contribution >= 4 is 41.4 Å². The van der Waals surface area contributed by atoms with Crippen LogP contribution in [0.4, 0.5) is 0 Å². The van der Waals surface area contributed by atoms with Gasteiger partial charge in [0, 0.05) is 50.2 Å². The minimum Gasteiger partial charge on any atom is -0.467 e. The lowest BCUT2D eigenvalue weighted by molar-refractivity contribution is -0.156. The van der Waals surface area contributed by atoms with Gasteiger partial charge >= 0.3 is 5.97 Å². The lowest BCUT2D eigenvalue weighted by Gasteiger charge is -2.37.